The lowest BCUT2D eigenvalue weighted by molar-refractivity contribution is 0.0296. The molecule has 4 heterocycles. The topological polar surface area (TPSA) is 78.1 Å². The first kappa shape index (κ1) is 16.5. The SMILES string of the molecule is Cn1cc(-c2cnc(-c3ccnn3C)nc2)cc1C(=O)N1CCOCC1. The first-order valence-corrected chi connectivity index (χ1v) is 8.47. The van der Waals surface area contributed by atoms with Crippen LogP contribution in [0.3, 0.4) is 0 Å². The van der Waals surface area contributed by atoms with E-state index in [0.29, 0.717) is 37.8 Å². The number of morpholine rings is 1. The van der Waals surface area contributed by atoms with Gasteiger partial charge in [0.25, 0.3) is 5.91 Å². The molecule has 0 bridgehead atoms. The molecule has 1 aliphatic heterocycles. The number of aromatic nitrogens is 5. The number of ether oxygens (including phenoxy) is 1. The minimum absolute atomic E-state index is 0.0227. The molecule has 0 atom stereocenters. The molecule has 8 heteroatoms. The molecule has 1 saturated heterocycles. The van der Waals surface area contributed by atoms with Crippen LogP contribution in [0.25, 0.3) is 22.6 Å². The molecule has 0 aliphatic carbocycles. The molecule has 1 fully saturated rings. The van der Waals surface area contributed by atoms with E-state index in [0.717, 1.165) is 16.8 Å². The van der Waals surface area contributed by atoms with Crippen LogP contribution >= 0.6 is 0 Å². The lowest BCUT2D eigenvalue weighted by Gasteiger charge is -2.26. The predicted molar refractivity (Wildman–Crippen MR) is 95.4 cm³/mol. The summed E-state index contributed by atoms with van der Waals surface area (Å²) in [5.41, 5.74) is 3.29. The van der Waals surface area contributed by atoms with E-state index in [4.69, 9.17) is 4.74 Å². The van der Waals surface area contributed by atoms with E-state index in [1.807, 2.05) is 41.9 Å². The van der Waals surface area contributed by atoms with E-state index >= 15 is 0 Å². The monoisotopic (exact) mass is 352 g/mol. The van der Waals surface area contributed by atoms with Gasteiger partial charge in [-0.15, -0.1) is 0 Å². The lowest BCUT2D eigenvalue weighted by Crippen LogP contribution is -2.41. The van der Waals surface area contributed by atoms with Crippen molar-refractivity contribution in [2.24, 2.45) is 14.1 Å². The molecule has 3 aromatic heterocycles. The van der Waals surface area contributed by atoms with Crippen LogP contribution in [-0.2, 0) is 18.8 Å². The minimum atomic E-state index is 0.0227. The summed E-state index contributed by atoms with van der Waals surface area (Å²) < 4.78 is 8.90. The fourth-order valence-electron chi connectivity index (χ4n) is 3.07. The number of carbonyl (C=O) groups excluding carboxylic acids is 1. The van der Waals surface area contributed by atoms with E-state index in [1.54, 1.807) is 23.3 Å². The van der Waals surface area contributed by atoms with E-state index in [2.05, 4.69) is 15.1 Å². The molecule has 1 amide bonds. The zero-order chi connectivity index (χ0) is 18.1. The average Bonchev–Trinajstić information content (AvgIpc) is 3.28. The highest BCUT2D eigenvalue weighted by molar-refractivity contribution is 5.94. The van der Waals surface area contributed by atoms with Crippen LogP contribution in [0.1, 0.15) is 10.5 Å². The molecular weight excluding hydrogens is 332 g/mol. The lowest BCUT2D eigenvalue weighted by atomic mass is 10.2. The van der Waals surface area contributed by atoms with Gasteiger partial charge in [-0.3, -0.25) is 9.48 Å². The summed E-state index contributed by atoms with van der Waals surface area (Å²) in [7, 11) is 3.73. The Morgan fingerprint density at radius 1 is 1.12 bits per heavy atom. The largest absolute Gasteiger partial charge is 0.378 e. The Bertz CT molecular complexity index is 922. The second-order valence-corrected chi connectivity index (χ2v) is 6.26. The van der Waals surface area contributed by atoms with Crippen molar-refractivity contribution < 1.29 is 9.53 Å². The van der Waals surface area contributed by atoms with Gasteiger partial charge in [0.05, 0.1) is 13.2 Å². The van der Waals surface area contributed by atoms with Gasteiger partial charge >= 0.3 is 0 Å². The number of hydrogen-bond donors (Lipinski definition) is 0. The van der Waals surface area contributed by atoms with E-state index in [-0.39, 0.29) is 5.91 Å². The number of aryl methyl sites for hydroxylation is 2. The molecule has 0 unspecified atom stereocenters. The van der Waals surface area contributed by atoms with Crippen molar-refractivity contribution in [3.05, 3.63) is 42.6 Å². The van der Waals surface area contributed by atoms with E-state index < -0.39 is 0 Å². The molecule has 0 N–H and O–H groups in total. The van der Waals surface area contributed by atoms with Gasteiger partial charge < -0.3 is 14.2 Å². The zero-order valence-corrected chi connectivity index (χ0v) is 14.8. The van der Waals surface area contributed by atoms with Gasteiger partial charge in [-0.05, 0) is 12.1 Å². The second-order valence-electron chi connectivity index (χ2n) is 6.26. The zero-order valence-electron chi connectivity index (χ0n) is 14.8. The van der Waals surface area contributed by atoms with Gasteiger partial charge in [0.15, 0.2) is 5.82 Å². The summed E-state index contributed by atoms with van der Waals surface area (Å²) in [4.78, 5) is 23.4. The van der Waals surface area contributed by atoms with Crippen LogP contribution in [-0.4, -0.2) is 61.4 Å². The molecule has 0 spiro atoms. The van der Waals surface area contributed by atoms with Crippen LogP contribution in [0.4, 0.5) is 0 Å². The smallest absolute Gasteiger partial charge is 0.270 e. The molecule has 0 radical (unpaired) electrons. The van der Waals surface area contributed by atoms with Crippen molar-refractivity contribution in [1.82, 2.24) is 29.2 Å². The Kier molecular flexibility index (Phi) is 4.26. The number of carbonyl (C=O) groups is 1. The Hall–Kier alpha value is -3.00. The summed E-state index contributed by atoms with van der Waals surface area (Å²) in [6.45, 7) is 2.43. The normalized spacial score (nSPS) is 14.6. The molecule has 0 saturated carbocycles. The van der Waals surface area contributed by atoms with E-state index in [9.17, 15) is 4.79 Å². The van der Waals surface area contributed by atoms with Gasteiger partial charge in [0.2, 0.25) is 0 Å². The predicted octanol–water partition coefficient (Wildman–Crippen LogP) is 1.35. The van der Waals surface area contributed by atoms with Crippen molar-refractivity contribution in [1.29, 1.82) is 0 Å². The van der Waals surface area contributed by atoms with Gasteiger partial charge in [-0.1, -0.05) is 0 Å². The van der Waals surface area contributed by atoms with Crippen molar-refractivity contribution in [3.8, 4) is 22.6 Å². The van der Waals surface area contributed by atoms with Crippen LogP contribution in [0.5, 0.6) is 0 Å². The first-order chi connectivity index (χ1) is 12.6. The highest BCUT2D eigenvalue weighted by Gasteiger charge is 2.21. The second kappa shape index (κ2) is 6.72. The van der Waals surface area contributed by atoms with Crippen LogP contribution < -0.4 is 0 Å². The van der Waals surface area contributed by atoms with Crippen molar-refractivity contribution in [2.45, 2.75) is 0 Å². The maximum Gasteiger partial charge on any atom is 0.270 e. The Morgan fingerprint density at radius 3 is 2.50 bits per heavy atom. The Morgan fingerprint density at radius 2 is 1.85 bits per heavy atom. The van der Waals surface area contributed by atoms with Crippen molar-refractivity contribution in [2.75, 3.05) is 26.3 Å². The molecule has 134 valence electrons. The summed E-state index contributed by atoms with van der Waals surface area (Å²) >= 11 is 0. The third-order valence-corrected chi connectivity index (χ3v) is 4.56. The van der Waals surface area contributed by atoms with Crippen LogP contribution in [0.15, 0.2) is 36.9 Å². The summed E-state index contributed by atoms with van der Waals surface area (Å²) in [6.07, 6.45) is 7.19. The summed E-state index contributed by atoms with van der Waals surface area (Å²) in [5, 5.41) is 4.13. The van der Waals surface area contributed by atoms with Gasteiger partial charge in [0, 0.05) is 63.1 Å². The number of rotatable bonds is 3. The third kappa shape index (κ3) is 2.99. The minimum Gasteiger partial charge on any atom is -0.378 e. The molecule has 3 aromatic rings. The van der Waals surface area contributed by atoms with Crippen molar-refractivity contribution in [3.63, 3.8) is 0 Å². The highest BCUT2D eigenvalue weighted by Crippen LogP contribution is 2.23. The van der Waals surface area contributed by atoms with Gasteiger partial charge in [-0.25, -0.2) is 9.97 Å². The van der Waals surface area contributed by atoms with Crippen LogP contribution in [0, 0.1) is 0 Å². The molecule has 26 heavy (non-hydrogen) atoms. The fourth-order valence-corrected chi connectivity index (χ4v) is 3.07. The van der Waals surface area contributed by atoms with Crippen LogP contribution in [0.2, 0.25) is 0 Å². The quantitative estimate of drug-likeness (QED) is 0.711. The molecule has 1 aliphatic rings. The number of amides is 1. The summed E-state index contributed by atoms with van der Waals surface area (Å²) in [6, 6.07) is 3.76. The van der Waals surface area contributed by atoms with Gasteiger partial charge in [-0.2, -0.15) is 5.10 Å². The molecule has 0 aromatic carbocycles. The number of hydrogen-bond acceptors (Lipinski definition) is 5. The van der Waals surface area contributed by atoms with Gasteiger partial charge in [0.1, 0.15) is 11.4 Å². The highest BCUT2D eigenvalue weighted by atomic mass is 16.5. The molecule has 8 nitrogen and oxygen atoms in total. The number of nitrogens with zero attached hydrogens (tertiary/aromatic N) is 6. The molecule has 4 rings (SSSR count). The first-order valence-electron chi connectivity index (χ1n) is 8.47. The Labute approximate surface area is 151 Å². The fraction of sp³-hybridized carbons (Fsp3) is 0.333. The maximum absolute atomic E-state index is 12.7. The average molecular weight is 352 g/mol. The maximum atomic E-state index is 12.7. The van der Waals surface area contributed by atoms with E-state index in [1.165, 1.54) is 0 Å². The standard InChI is InChI=1S/C18H20N6O2/c1-22-12-13(9-16(22)18(25)24-5-7-26-8-6-24)14-10-19-17(20-11-14)15-3-4-21-23(15)2/h3-4,9-12H,5-8H2,1-2H3. The Balaban J connectivity index is 1.59. The summed E-state index contributed by atoms with van der Waals surface area (Å²) in [5.74, 6) is 0.642. The van der Waals surface area contributed by atoms with Crippen molar-refractivity contribution >= 4 is 5.91 Å². The molecular formula is C18H20N6O2. The third-order valence-electron chi connectivity index (χ3n) is 4.56.